The Labute approximate surface area is 251 Å². The molecule has 0 aliphatic heterocycles. The lowest BCUT2D eigenvalue weighted by Gasteiger charge is -2.47. The molecule has 0 amide bonds. The van der Waals surface area contributed by atoms with Crippen LogP contribution in [0.3, 0.4) is 0 Å². The maximum atomic E-state index is 15.5. The molecule has 1 aliphatic carbocycles. The Morgan fingerprint density at radius 3 is 2.23 bits per heavy atom. The van der Waals surface area contributed by atoms with Gasteiger partial charge in [0.25, 0.3) is 0 Å². The van der Waals surface area contributed by atoms with Crippen LogP contribution in [0.15, 0.2) is 60.0 Å². The average molecular weight is 668 g/mol. The van der Waals surface area contributed by atoms with Gasteiger partial charge in [0, 0.05) is 38.7 Å². The second-order valence-corrected chi connectivity index (χ2v) is 22.0. The third-order valence-electron chi connectivity index (χ3n) is 7.84. The van der Waals surface area contributed by atoms with Crippen molar-refractivity contribution < 1.29 is 43.5 Å². The van der Waals surface area contributed by atoms with E-state index in [1.807, 2.05) is 0 Å². The van der Waals surface area contributed by atoms with Gasteiger partial charge in [0.15, 0.2) is 9.84 Å². The van der Waals surface area contributed by atoms with Gasteiger partial charge in [-0.05, 0) is 67.8 Å². The number of alkyl halides is 3. The van der Waals surface area contributed by atoms with E-state index in [1.165, 1.54) is 10.4 Å². The first-order valence-corrected chi connectivity index (χ1v) is 20.8. The molecule has 1 fully saturated rings. The highest BCUT2D eigenvalue weighted by Crippen LogP contribution is 2.51. The smallest absolute Gasteiger partial charge is 0.381 e. The zero-order chi connectivity index (χ0) is 32.4. The van der Waals surface area contributed by atoms with Gasteiger partial charge in [-0.25, -0.2) is 25.6 Å². The first-order chi connectivity index (χ1) is 19.7. The zero-order valence-corrected chi connectivity index (χ0v) is 27.3. The minimum Gasteiger partial charge on any atom is -0.381 e. The molecule has 14 heteroatoms. The third-order valence-corrected chi connectivity index (χ3v) is 13.3. The van der Waals surface area contributed by atoms with Crippen LogP contribution < -0.4 is 0 Å². The van der Waals surface area contributed by atoms with Gasteiger partial charge in [-0.3, -0.25) is 0 Å². The molecular formula is C29H38F5NO5S2Si. The summed E-state index contributed by atoms with van der Waals surface area (Å²) in [4.78, 5) is -0.493. The van der Waals surface area contributed by atoms with Gasteiger partial charge in [-0.2, -0.15) is 17.5 Å². The number of hydrogen-bond donors (Lipinski definition) is 0. The topological polar surface area (TPSA) is 80.8 Å². The van der Waals surface area contributed by atoms with Crippen molar-refractivity contribution in [1.29, 1.82) is 0 Å². The van der Waals surface area contributed by atoms with E-state index >= 15 is 4.39 Å². The summed E-state index contributed by atoms with van der Waals surface area (Å²) in [6, 6.07) is 5.33. The molecule has 240 valence electrons. The monoisotopic (exact) mass is 667 g/mol. The van der Waals surface area contributed by atoms with Crippen molar-refractivity contribution >= 4 is 27.9 Å². The third kappa shape index (κ3) is 8.13. The van der Waals surface area contributed by atoms with Gasteiger partial charge in [-0.15, -0.1) is 6.58 Å². The summed E-state index contributed by atoms with van der Waals surface area (Å²) in [5.74, 6) is -2.69. The molecule has 1 saturated carbocycles. The molecule has 0 N–H and O–H groups in total. The summed E-state index contributed by atoms with van der Waals surface area (Å²) in [6.07, 6.45) is -3.05. The Morgan fingerprint density at radius 2 is 1.70 bits per heavy atom. The molecule has 6 nitrogen and oxygen atoms in total. The summed E-state index contributed by atoms with van der Waals surface area (Å²) in [5, 5.41) is 0. The largest absolute Gasteiger partial charge is 0.416 e. The Kier molecular flexibility index (Phi) is 10.7. The van der Waals surface area contributed by atoms with E-state index in [0.29, 0.717) is 18.7 Å². The Balaban J connectivity index is 2.19. The number of rotatable bonds is 12. The van der Waals surface area contributed by atoms with Crippen LogP contribution in [-0.4, -0.2) is 61.3 Å². The van der Waals surface area contributed by atoms with E-state index in [-0.39, 0.29) is 32.4 Å². The van der Waals surface area contributed by atoms with E-state index in [4.69, 9.17) is 4.74 Å². The molecule has 3 rings (SSSR count). The lowest BCUT2D eigenvalue weighted by Crippen LogP contribution is -2.53. The highest BCUT2D eigenvalue weighted by atomic mass is 32.2. The zero-order valence-electron chi connectivity index (χ0n) is 24.6. The van der Waals surface area contributed by atoms with Crippen molar-refractivity contribution in [3.8, 4) is 0 Å². The second-order valence-electron chi connectivity index (χ2n) is 12.2. The lowest BCUT2D eigenvalue weighted by molar-refractivity contribution is -0.137. The molecular weight excluding hydrogens is 630 g/mol. The lowest BCUT2D eigenvalue weighted by atomic mass is 9.74. The Morgan fingerprint density at radius 1 is 1.07 bits per heavy atom. The molecule has 0 heterocycles. The van der Waals surface area contributed by atoms with Crippen molar-refractivity contribution in [2.45, 2.75) is 66.8 Å². The van der Waals surface area contributed by atoms with E-state index < -0.39 is 78.5 Å². The molecule has 2 aromatic carbocycles. The highest BCUT2D eigenvalue weighted by Gasteiger charge is 2.54. The standard InChI is InChI=1S/C29H38F5NO5S2Si/c1-6-15-35(41(2,36)37)27-13-14-28(25-18-23(30)9-12-26(25)31,19-21(27)20-40-16-17-43(3,4)5)42(38,39)24-10-7-22(8-11-24)29(32,33)34/h6-12,18,21,27H,1,13-17,19-20H2,2-5H3/t21-,27-,28+/m0/s1. The molecule has 0 saturated heterocycles. The molecule has 3 atom stereocenters. The van der Waals surface area contributed by atoms with Gasteiger partial charge >= 0.3 is 6.18 Å². The average Bonchev–Trinajstić information content (AvgIpc) is 2.89. The fourth-order valence-electron chi connectivity index (χ4n) is 5.61. The maximum Gasteiger partial charge on any atom is 0.416 e. The summed E-state index contributed by atoms with van der Waals surface area (Å²) in [6.45, 7) is 10.3. The van der Waals surface area contributed by atoms with Crippen molar-refractivity contribution in [2.75, 3.05) is 26.0 Å². The van der Waals surface area contributed by atoms with Gasteiger partial charge in [0.1, 0.15) is 16.4 Å². The maximum absolute atomic E-state index is 15.5. The van der Waals surface area contributed by atoms with Crippen LogP contribution in [-0.2, 0) is 35.5 Å². The minimum atomic E-state index is -4.72. The van der Waals surface area contributed by atoms with Crippen LogP contribution >= 0.6 is 0 Å². The molecule has 0 radical (unpaired) electrons. The quantitative estimate of drug-likeness (QED) is 0.110. The Bertz CT molecular complexity index is 1510. The van der Waals surface area contributed by atoms with Crippen LogP contribution in [0.1, 0.15) is 30.4 Å². The first kappa shape index (κ1) is 35.3. The first-order valence-electron chi connectivity index (χ1n) is 13.8. The van der Waals surface area contributed by atoms with Crippen LogP contribution in [0.5, 0.6) is 0 Å². The van der Waals surface area contributed by atoms with E-state index in [2.05, 4.69) is 26.2 Å². The van der Waals surface area contributed by atoms with E-state index in [9.17, 15) is 34.4 Å². The minimum absolute atomic E-state index is 0.0676. The van der Waals surface area contributed by atoms with Crippen molar-refractivity contribution in [2.24, 2.45) is 5.92 Å². The predicted octanol–water partition coefficient (Wildman–Crippen LogP) is 6.62. The summed E-state index contributed by atoms with van der Waals surface area (Å²) in [5.41, 5.74) is -1.53. The number of sulfonamides is 1. The molecule has 43 heavy (non-hydrogen) atoms. The number of halogens is 5. The number of hydrogen-bond acceptors (Lipinski definition) is 5. The van der Waals surface area contributed by atoms with Crippen LogP contribution in [0, 0.1) is 17.6 Å². The number of sulfone groups is 1. The fourth-order valence-corrected chi connectivity index (χ4v) is 9.73. The molecule has 2 aromatic rings. The fraction of sp³-hybridized carbons (Fsp3) is 0.517. The van der Waals surface area contributed by atoms with Crippen molar-refractivity contribution in [3.05, 3.63) is 77.9 Å². The molecule has 1 aliphatic rings. The van der Waals surface area contributed by atoms with Gasteiger partial charge in [0.05, 0.1) is 23.3 Å². The van der Waals surface area contributed by atoms with E-state index in [0.717, 1.165) is 42.6 Å². The van der Waals surface area contributed by atoms with Crippen molar-refractivity contribution in [1.82, 2.24) is 4.31 Å². The summed E-state index contributed by atoms with van der Waals surface area (Å²) in [7, 11) is -10.0. The van der Waals surface area contributed by atoms with Crippen LogP contribution in [0.25, 0.3) is 0 Å². The molecule has 0 spiro atoms. The second kappa shape index (κ2) is 13.1. The molecule has 0 unspecified atom stereocenters. The summed E-state index contributed by atoms with van der Waals surface area (Å²) >= 11 is 0. The summed E-state index contributed by atoms with van der Waals surface area (Å²) < 4.78 is 129. The van der Waals surface area contributed by atoms with Gasteiger partial charge in [0.2, 0.25) is 10.0 Å². The van der Waals surface area contributed by atoms with E-state index in [1.54, 1.807) is 0 Å². The highest BCUT2D eigenvalue weighted by molar-refractivity contribution is 7.92. The number of benzene rings is 2. The molecule has 0 bridgehead atoms. The van der Waals surface area contributed by atoms with Gasteiger partial charge < -0.3 is 4.74 Å². The van der Waals surface area contributed by atoms with Crippen molar-refractivity contribution in [3.63, 3.8) is 0 Å². The van der Waals surface area contributed by atoms with Gasteiger partial charge in [-0.1, -0.05) is 25.7 Å². The Hall–Kier alpha value is -2.13. The van der Waals surface area contributed by atoms with Crippen LogP contribution in [0.4, 0.5) is 22.0 Å². The normalized spacial score (nSPS) is 22.1. The number of ether oxygens (including phenoxy) is 1. The molecule has 0 aromatic heterocycles. The SMILES string of the molecule is C=CCN([C@H]1CC[C@@](c2cc(F)ccc2F)(S(=O)(=O)c2ccc(C(F)(F)F)cc2)C[C@H]1COCC[Si](C)(C)C)S(C)(=O)=O. The predicted molar refractivity (Wildman–Crippen MR) is 159 cm³/mol. The number of nitrogens with zero attached hydrogens (tertiary/aromatic N) is 1. The van der Waals surface area contributed by atoms with Crippen LogP contribution in [0.2, 0.25) is 25.7 Å².